The van der Waals surface area contributed by atoms with Gasteiger partial charge in [0.15, 0.2) is 5.69 Å². The van der Waals surface area contributed by atoms with Crippen LogP contribution in [0.5, 0.6) is 0 Å². The highest BCUT2D eigenvalue weighted by Crippen LogP contribution is 2.20. The average Bonchev–Trinajstić information content (AvgIpc) is 2.64. The Morgan fingerprint density at radius 2 is 1.69 bits per heavy atom. The number of hydrogen-bond acceptors (Lipinski definition) is 4. The van der Waals surface area contributed by atoms with Crippen LogP contribution in [0.3, 0.4) is 0 Å². The number of para-hydroxylation sites is 1. The predicted molar refractivity (Wildman–Crippen MR) is 99.6 cm³/mol. The number of anilines is 2. The fourth-order valence-corrected chi connectivity index (χ4v) is 2.56. The van der Waals surface area contributed by atoms with Crippen LogP contribution in [0.15, 0.2) is 54.6 Å². The smallest absolute Gasteiger partial charge is 0.276 e. The maximum Gasteiger partial charge on any atom is 0.276 e. The number of nitrogens with one attached hydrogen (secondary N) is 2. The van der Waals surface area contributed by atoms with Gasteiger partial charge in [-0.2, -0.15) is 0 Å². The van der Waals surface area contributed by atoms with Crippen molar-refractivity contribution in [1.82, 2.24) is 10.2 Å². The lowest BCUT2D eigenvalue weighted by Gasteiger charge is -2.11. The maximum absolute atomic E-state index is 13.6. The Labute approximate surface area is 151 Å². The van der Waals surface area contributed by atoms with Crippen LogP contribution in [0, 0.1) is 19.7 Å². The van der Waals surface area contributed by atoms with Crippen molar-refractivity contribution in [3.63, 3.8) is 0 Å². The van der Waals surface area contributed by atoms with E-state index >= 15 is 0 Å². The molecule has 3 aromatic rings. The Hall–Kier alpha value is -3.28. The Morgan fingerprint density at radius 3 is 2.35 bits per heavy atom. The summed E-state index contributed by atoms with van der Waals surface area (Å²) >= 11 is 0. The summed E-state index contributed by atoms with van der Waals surface area (Å²) in [5, 5.41) is 13.8. The molecule has 0 unspecified atom stereocenters. The lowest BCUT2D eigenvalue weighted by Crippen LogP contribution is -2.16. The first-order valence-electron chi connectivity index (χ1n) is 8.23. The minimum Gasteiger partial charge on any atom is -0.364 e. The van der Waals surface area contributed by atoms with E-state index in [-0.39, 0.29) is 24.0 Å². The highest BCUT2D eigenvalue weighted by Gasteiger charge is 2.11. The summed E-state index contributed by atoms with van der Waals surface area (Å²) < 4.78 is 13.6. The minimum absolute atomic E-state index is 0.212. The quantitative estimate of drug-likeness (QED) is 0.727. The van der Waals surface area contributed by atoms with Crippen LogP contribution in [0.25, 0.3) is 0 Å². The van der Waals surface area contributed by atoms with Crippen molar-refractivity contribution >= 4 is 17.4 Å². The van der Waals surface area contributed by atoms with Gasteiger partial charge >= 0.3 is 0 Å². The van der Waals surface area contributed by atoms with Crippen LogP contribution >= 0.6 is 0 Å². The normalized spacial score (nSPS) is 10.4. The molecule has 5 nitrogen and oxygen atoms in total. The van der Waals surface area contributed by atoms with Gasteiger partial charge in [-0.25, -0.2) is 4.39 Å². The fourth-order valence-electron chi connectivity index (χ4n) is 2.56. The molecule has 2 aromatic carbocycles. The second kappa shape index (κ2) is 7.74. The van der Waals surface area contributed by atoms with Crippen LogP contribution in [0.1, 0.15) is 27.2 Å². The van der Waals surface area contributed by atoms with Crippen molar-refractivity contribution in [2.75, 3.05) is 10.6 Å². The van der Waals surface area contributed by atoms with Crippen molar-refractivity contribution in [2.45, 2.75) is 20.4 Å². The monoisotopic (exact) mass is 350 g/mol. The van der Waals surface area contributed by atoms with Gasteiger partial charge in [-0.1, -0.05) is 36.4 Å². The number of carbonyl (C=O) groups excluding carboxylic acids is 1. The van der Waals surface area contributed by atoms with E-state index in [9.17, 15) is 9.18 Å². The zero-order valence-electron chi connectivity index (χ0n) is 14.6. The van der Waals surface area contributed by atoms with Crippen molar-refractivity contribution in [1.29, 1.82) is 0 Å². The molecule has 0 aliphatic heterocycles. The van der Waals surface area contributed by atoms with Gasteiger partial charge in [0.05, 0.1) is 0 Å². The van der Waals surface area contributed by atoms with Crippen molar-refractivity contribution in [3.05, 3.63) is 82.8 Å². The standard InChI is InChI=1S/C20H19FN4O/c1-13-6-5-7-14(2)19(13)23-20(26)17-10-11-18(25-24-17)22-12-15-8-3-4-9-16(15)21/h3-11H,12H2,1-2H3,(H,22,25)(H,23,26). The molecular formula is C20H19FN4O. The number of aromatic nitrogens is 2. The third kappa shape index (κ3) is 4.03. The number of hydrogen-bond donors (Lipinski definition) is 2. The fraction of sp³-hybridized carbons (Fsp3) is 0.150. The average molecular weight is 350 g/mol. The van der Waals surface area contributed by atoms with E-state index in [1.54, 1.807) is 30.3 Å². The lowest BCUT2D eigenvalue weighted by atomic mass is 10.1. The van der Waals surface area contributed by atoms with Crippen molar-refractivity contribution in [2.24, 2.45) is 0 Å². The molecule has 1 aromatic heterocycles. The SMILES string of the molecule is Cc1cccc(C)c1NC(=O)c1ccc(NCc2ccccc2F)nn1. The summed E-state index contributed by atoms with van der Waals surface area (Å²) in [6, 6.07) is 15.6. The third-order valence-corrected chi connectivity index (χ3v) is 4.03. The van der Waals surface area contributed by atoms with E-state index < -0.39 is 0 Å². The number of benzene rings is 2. The number of nitrogens with zero attached hydrogens (tertiary/aromatic N) is 2. The molecule has 132 valence electrons. The largest absolute Gasteiger partial charge is 0.364 e. The molecule has 2 N–H and O–H groups in total. The van der Waals surface area contributed by atoms with Gasteiger partial charge in [0.2, 0.25) is 0 Å². The molecule has 0 saturated heterocycles. The highest BCUT2D eigenvalue weighted by molar-refractivity contribution is 6.03. The van der Waals surface area contributed by atoms with Crippen LogP contribution < -0.4 is 10.6 Å². The van der Waals surface area contributed by atoms with Gasteiger partial charge in [0.1, 0.15) is 11.6 Å². The van der Waals surface area contributed by atoms with E-state index in [2.05, 4.69) is 20.8 Å². The molecule has 0 fully saturated rings. The van der Waals surface area contributed by atoms with E-state index in [0.29, 0.717) is 11.4 Å². The Morgan fingerprint density at radius 1 is 0.962 bits per heavy atom. The molecule has 0 bridgehead atoms. The predicted octanol–water partition coefficient (Wildman–Crippen LogP) is 4.10. The van der Waals surface area contributed by atoms with E-state index in [1.807, 2.05) is 32.0 Å². The van der Waals surface area contributed by atoms with Gasteiger partial charge in [-0.3, -0.25) is 4.79 Å². The van der Waals surface area contributed by atoms with E-state index in [0.717, 1.165) is 16.8 Å². The Balaban J connectivity index is 1.65. The van der Waals surface area contributed by atoms with Gasteiger partial charge in [0, 0.05) is 17.8 Å². The molecular weight excluding hydrogens is 331 g/mol. The third-order valence-electron chi connectivity index (χ3n) is 4.03. The summed E-state index contributed by atoms with van der Waals surface area (Å²) in [5.74, 6) is -0.134. The molecule has 0 aliphatic rings. The second-order valence-electron chi connectivity index (χ2n) is 5.97. The zero-order chi connectivity index (χ0) is 18.5. The topological polar surface area (TPSA) is 66.9 Å². The molecule has 6 heteroatoms. The summed E-state index contributed by atoms with van der Waals surface area (Å²) in [7, 11) is 0. The zero-order valence-corrected chi connectivity index (χ0v) is 14.6. The number of carbonyl (C=O) groups is 1. The molecule has 1 heterocycles. The van der Waals surface area contributed by atoms with Crippen LogP contribution in [-0.2, 0) is 6.54 Å². The molecule has 3 rings (SSSR count). The lowest BCUT2D eigenvalue weighted by molar-refractivity contribution is 0.102. The van der Waals surface area contributed by atoms with Crippen molar-refractivity contribution < 1.29 is 9.18 Å². The van der Waals surface area contributed by atoms with Gasteiger partial charge in [0.25, 0.3) is 5.91 Å². The maximum atomic E-state index is 13.6. The first kappa shape index (κ1) is 17.5. The van der Waals surface area contributed by atoms with E-state index in [1.165, 1.54) is 6.07 Å². The summed E-state index contributed by atoms with van der Waals surface area (Å²) in [4.78, 5) is 12.4. The first-order chi connectivity index (χ1) is 12.5. The highest BCUT2D eigenvalue weighted by atomic mass is 19.1. The number of rotatable bonds is 5. The van der Waals surface area contributed by atoms with Gasteiger partial charge in [-0.05, 0) is 43.2 Å². The number of amides is 1. The van der Waals surface area contributed by atoms with E-state index in [4.69, 9.17) is 0 Å². The Bertz CT molecular complexity index is 905. The number of halogens is 1. The summed E-state index contributed by atoms with van der Waals surface area (Å²) in [6.45, 7) is 4.16. The first-order valence-corrected chi connectivity index (χ1v) is 8.23. The molecule has 26 heavy (non-hydrogen) atoms. The second-order valence-corrected chi connectivity index (χ2v) is 5.97. The molecule has 0 spiro atoms. The molecule has 0 atom stereocenters. The molecule has 0 radical (unpaired) electrons. The Kier molecular flexibility index (Phi) is 5.22. The van der Waals surface area contributed by atoms with Gasteiger partial charge in [-0.15, -0.1) is 10.2 Å². The molecule has 0 aliphatic carbocycles. The van der Waals surface area contributed by atoms with Crippen LogP contribution in [-0.4, -0.2) is 16.1 Å². The summed E-state index contributed by atoms with van der Waals surface area (Å²) in [6.07, 6.45) is 0. The van der Waals surface area contributed by atoms with Crippen molar-refractivity contribution in [3.8, 4) is 0 Å². The summed E-state index contributed by atoms with van der Waals surface area (Å²) in [5.41, 5.74) is 3.49. The molecule has 1 amide bonds. The minimum atomic E-state index is -0.324. The van der Waals surface area contributed by atoms with Gasteiger partial charge < -0.3 is 10.6 Å². The molecule has 0 saturated carbocycles. The van der Waals surface area contributed by atoms with Crippen LogP contribution in [0.2, 0.25) is 0 Å². The number of aryl methyl sites for hydroxylation is 2. The van der Waals surface area contributed by atoms with Crippen LogP contribution in [0.4, 0.5) is 15.9 Å².